The Morgan fingerprint density at radius 3 is 1.51 bits per heavy atom. The van der Waals surface area contributed by atoms with Crippen LogP contribution in [0.25, 0.3) is 0 Å². The Morgan fingerprint density at radius 1 is 0.638 bits per heavy atom. The molecule has 1 fully saturated rings. The number of aliphatic hydroxyl groups excluding tert-OH is 5. The smallest absolute Gasteiger partial charge is 0.220 e. The molecule has 0 spiro atoms. The van der Waals surface area contributed by atoms with Crippen LogP contribution in [0, 0.1) is 0 Å². The first-order valence-corrected chi connectivity index (χ1v) is 19.7. The molecule has 0 aromatic rings. The summed E-state index contributed by atoms with van der Waals surface area (Å²) < 4.78 is 11.2. The molecule has 280 valence electrons. The molecule has 0 radical (unpaired) electrons. The van der Waals surface area contributed by atoms with Gasteiger partial charge in [-0.25, -0.2) is 0 Å². The monoisotopic (exact) mass is 674 g/mol. The molecule has 9 nitrogen and oxygen atoms in total. The lowest BCUT2D eigenvalue weighted by atomic mass is 9.99. The number of aliphatic hydroxyl groups is 5. The van der Waals surface area contributed by atoms with Gasteiger partial charge in [0.25, 0.3) is 0 Å². The first-order valence-electron chi connectivity index (χ1n) is 19.7. The molecule has 1 aliphatic rings. The van der Waals surface area contributed by atoms with Crippen molar-refractivity contribution >= 4 is 5.91 Å². The number of unbranched alkanes of at least 4 members (excludes halogenated alkanes) is 22. The Bertz CT molecular complexity index is 711. The highest BCUT2D eigenvalue weighted by atomic mass is 16.7. The van der Waals surface area contributed by atoms with Gasteiger partial charge < -0.3 is 40.3 Å². The van der Waals surface area contributed by atoms with Gasteiger partial charge in [-0.2, -0.15) is 0 Å². The number of ether oxygens (including phenoxy) is 2. The van der Waals surface area contributed by atoms with Gasteiger partial charge in [0.15, 0.2) is 6.29 Å². The topological polar surface area (TPSA) is 149 Å². The van der Waals surface area contributed by atoms with Gasteiger partial charge >= 0.3 is 0 Å². The number of carbonyl (C=O) groups is 1. The van der Waals surface area contributed by atoms with Crippen LogP contribution in [0.4, 0.5) is 0 Å². The minimum atomic E-state index is -1.55. The molecule has 0 saturated carbocycles. The van der Waals surface area contributed by atoms with Gasteiger partial charge in [-0.3, -0.25) is 4.79 Å². The molecule has 1 aliphatic heterocycles. The zero-order valence-electron chi connectivity index (χ0n) is 30.3. The van der Waals surface area contributed by atoms with E-state index in [2.05, 4.69) is 19.2 Å². The van der Waals surface area contributed by atoms with E-state index in [1.807, 2.05) is 0 Å². The van der Waals surface area contributed by atoms with Crippen molar-refractivity contribution < 1.29 is 39.8 Å². The maximum atomic E-state index is 12.8. The lowest BCUT2D eigenvalue weighted by Crippen LogP contribution is -2.60. The van der Waals surface area contributed by atoms with Crippen LogP contribution in [0.3, 0.4) is 0 Å². The normalized spacial score (nSPS) is 22.7. The standard InChI is InChI=1S/C38H75NO8/c1-3-5-7-9-11-13-15-16-17-18-19-21-23-25-27-32(41)31(30-46-38-37(45)36(44)35(43)33(29-40)47-38)39-34(42)28-26-24-22-20-14-12-10-8-6-4-2/h31-33,35-38,40-41,43-45H,3-30H2,1-2H3,(H,39,42). The second-order valence-electron chi connectivity index (χ2n) is 14.1. The fourth-order valence-corrected chi connectivity index (χ4v) is 6.45. The summed E-state index contributed by atoms with van der Waals surface area (Å²) in [6, 6.07) is -0.708. The molecule has 1 heterocycles. The summed E-state index contributed by atoms with van der Waals surface area (Å²) in [5, 5.41) is 54.0. The molecule has 47 heavy (non-hydrogen) atoms. The van der Waals surface area contributed by atoms with E-state index >= 15 is 0 Å². The summed E-state index contributed by atoms with van der Waals surface area (Å²) in [5.41, 5.74) is 0. The van der Waals surface area contributed by atoms with E-state index in [-0.39, 0.29) is 12.5 Å². The molecule has 0 aromatic carbocycles. The van der Waals surface area contributed by atoms with Crippen molar-refractivity contribution in [1.29, 1.82) is 0 Å². The van der Waals surface area contributed by atoms with Crippen molar-refractivity contribution in [2.75, 3.05) is 13.2 Å². The third kappa shape index (κ3) is 21.8. The van der Waals surface area contributed by atoms with Crippen LogP contribution in [0.1, 0.15) is 181 Å². The van der Waals surface area contributed by atoms with Gasteiger partial charge in [-0.05, 0) is 12.8 Å². The van der Waals surface area contributed by atoms with Crippen LogP contribution in [-0.4, -0.2) is 87.5 Å². The van der Waals surface area contributed by atoms with Gasteiger partial charge in [0, 0.05) is 6.42 Å². The van der Waals surface area contributed by atoms with E-state index in [1.165, 1.54) is 116 Å². The summed E-state index contributed by atoms with van der Waals surface area (Å²) in [7, 11) is 0. The summed E-state index contributed by atoms with van der Waals surface area (Å²) in [6.45, 7) is 3.80. The molecule has 9 heteroatoms. The minimum Gasteiger partial charge on any atom is -0.394 e. The molecule has 0 bridgehead atoms. The number of hydrogen-bond donors (Lipinski definition) is 6. The third-order valence-corrected chi connectivity index (χ3v) is 9.71. The number of hydrogen-bond acceptors (Lipinski definition) is 8. The number of rotatable bonds is 32. The molecule has 6 N–H and O–H groups in total. The summed E-state index contributed by atoms with van der Waals surface area (Å²) in [5.74, 6) is -0.146. The van der Waals surface area contributed by atoms with Crippen LogP contribution in [0.15, 0.2) is 0 Å². The molecular formula is C38H75NO8. The fourth-order valence-electron chi connectivity index (χ4n) is 6.45. The molecule has 7 atom stereocenters. The van der Waals surface area contributed by atoms with Crippen molar-refractivity contribution in [2.24, 2.45) is 0 Å². The predicted molar refractivity (Wildman–Crippen MR) is 189 cm³/mol. The lowest BCUT2D eigenvalue weighted by molar-refractivity contribution is -0.302. The van der Waals surface area contributed by atoms with Crippen molar-refractivity contribution in [3.8, 4) is 0 Å². The van der Waals surface area contributed by atoms with Crippen LogP contribution in [0.5, 0.6) is 0 Å². The lowest BCUT2D eigenvalue weighted by Gasteiger charge is -2.40. The zero-order valence-corrected chi connectivity index (χ0v) is 30.3. The second kappa shape index (κ2) is 30.1. The highest BCUT2D eigenvalue weighted by Crippen LogP contribution is 2.23. The fraction of sp³-hybridized carbons (Fsp3) is 0.974. The van der Waals surface area contributed by atoms with Gasteiger partial charge in [0.2, 0.25) is 5.91 Å². The Balaban J connectivity index is 2.40. The molecular weight excluding hydrogens is 598 g/mol. The third-order valence-electron chi connectivity index (χ3n) is 9.71. The van der Waals surface area contributed by atoms with Crippen molar-refractivity contribution in [3.05, 3.63) is 0 Å². The average Bonchev–Trinajstić information content (AvgIpc) is 3.07. The largest absolute Gasteiger partial charge is 0.394 e. The van der Waals surface area contributed by atoms with Gasteiger partial charge in [0.1, 0.15) is 24.4 Å². The molecule has 0 aliphatic carbocycles. The van der Waals surface area contributed by atoms with Crippen LogP contribution < -0.4 is 5.32 Å². The highest BCUT2D eigenvalue weighted by molar-refractivity contribution is 5.76. The first-order chi connectivity index (χ1) is 22.8. The average molecular weight is 674 g/mol. The van der Waals surface area contributed by atoms with Gasteiger partial charge in [-0.1, -0.05) is 162 Å². The molecule has 1 rings (SSSR count). The number of carbonyl (C=O) groups excluding carboxylic acids is 1. The Morgan fingerprint density at radius 2 is 1.06 bits per heavy atom. The summed E-state index contributed by atoms with van der Waals surface area (Å²) >= 11 is 0. The van der Waals surface area contributed by atoms with Gasteiger partial charge in [-0.15, -0.1) is 0 Å². The molecule has 7 unspecified atom stereocenters. The number of nitrogens with one attached hydrogen (secondary N) is 1. The van der Waals surface area contributed by atoms with E-state index in [4.69, 9.17) is 9.47 Å². The Labute approximate surface area is 287 Å². The SMILES string of the molecule is CCCCCCCCCCCCCCCCC(O)C(COC1OC(CO)C(O)C(O)C1O)NC(=O)CCCCCCCCCCCC. The zero-order chi connectivity index (χ0) is 34.5. The molecule has 0 aromatic heterocycles. The predicted octanol–water partition coefficient (Wildman–Crippen LogP) is 6.83. The van der Waals surface area contributed by atoms with Crippen LogP contribution in [-0.2, 0) is 14.3 Å². The van der Waals surface area contributed by atoms with E-state index in [1.54, 1.807) is 0 Å². The van der Waals surface area contributed by atoms with Crippen molar-refractivity contribution in [1.82, 2.24) is 5.32 Å². The summed E-state index contributed by atoms with van der Waals surface area (Å²) in [6.07, 6.45) is 22.5. The highest BCUT2D eigenvalue weighted by Gasteiger charge is 2.44. The van der Waals surface area contributed by atoms with E-state index in [0.717, 1.165) is 38.5 Å². The van der Waals surface area contributed by atoms with Crippen molar-refractivity contribution in [2.45, 2.75) is 224 Å². The van der Waals surface area contributed by atoms with Crippen molar-refractivity contribution in [3.63, 3.8) is 0 Å². The second-order valence-corrected chi connectivity index (χ2v) is 14.1. The van der Waals surface area contributed by atoms with Crippen LogP contribution >= 0.6 is 0 Å². The molecule has 1 saturated heterocycles. The summed E-state index contributed by atoms with van der Waals surface area (Å²) in [4.78, 5) is 12.8. The Kier molecular flexibility index (Phi) is 28.3. The van der Waals surface area contributed by atoms with E-state index < -0.39 is 49.5 Å². The van der Waals surface area contributed by atoms with E-state index in [0.29, 0.717) is 12.8 Å². The number of amides is 1. The van der Waals surface area contributed by atoms with E-state index in [9.17, 15) is 30.3 Å². The minimum absolute atomic E-state index is 0.133. The quantitative estimate of drug-likeness (QED) is 0.0426. The van der Waals surface area contributed by atoms with Gasteiger partial charge in [0.05, 0.1) is 25.4 Å². The first kappa shape index (κ1) is 44.2. The maximum absolute atomic E-state index is 12.8. The maximum Gasteiger partial charge on any atom is 0.220 e. The van der Waals surface area contributed by atoms with Crippen LogP contribution in [0.2, 0.25) is 0 Å². The molecule has 1 amide bonds. The Hall–Kier alpha value is -0.810.